The van der Waals surface area contributed by atoms with E-state index in [1.165, 1.54) is 6.33 Å². The van der Waals surface area contributed by atoms with Crippen LogP contribution < -0.4 is 10.2 Å². The van der Waals surface area contributed by atoms with E-state index >= 15 is 0 Å². The first-order chi connectivity index (χ1) is 9.29. The van der Waals surface area contributed by atoms with Crippen LogP contribution in [0, 0.1) is 0 Å². The SMILES string of the molecule is O=C1CO[C@@]2(CNCCOC2)CN1c1cncnc1. The Morgan fingerprint density at radius 3 is 3.05 bits per heavy atom. The van der Waals surface area contributed by atoms with Crippen molar-refractivity contribution in [3.05, 3.63) is 18.7 Å². The molecule has 7 nitrogen and oxygen atoms in total. The molecule has 3 rings (SSSR count). The maximum absolute atomic E-state index is 12.0. The maximum Gasteiger partial charge on any atom is 0.253 e. The van der Waals surface area contributed by atoms with Crippen LogP contribution in [0.5, 0.6) is 0 Å². The summed E-state index contributed by atoms with van der Waals surface area (Å²) in [4.78, 5) is 21.6. The van der Waals surface area contributed by atoms with Crippen LogP contribution in [0.3, 0.4) is 0 Å². The summed E-state index contributed by atoms with van der Waals surface area (Å²) in [5.41, 5.74) is 0.208. The molecule has 0 saturated carbocycles. The molecule has 3 heterocycles. The van der Waals surface area contributed by atoms with Crippen molar-refractivity contribution in [1.82, 2.24) is 15.3 Å². The Hall–Kier alpha value is -1.57. The molecular formula is C12H16N4O3. The van der Waals surface area contributed by atoms with Gasteiger partial charge in [-0.1, -0.05) is 0 Å². The van der Waals surface area contributed by atoms with Gasteiger partial charge in [0.25, 0.3) is 5.91 Å². The third-order valence-electron chi connectivity index (χ3n) is 3.34. The number of aromatic nitrogens is 2. The monoisotopic (exact) mass is 264 g/mol. The van der Waals surface area contributed by atoms with Gasteiger partial charge in [0, 0.05) is 13.1 Å². The van der Waals surface area contributed by atoms with Gasteiger partial charge in [0.05, 0.1) is 37.8 Å². The highest BCUT2D eigenvalue weighted by Gasteiger charge is 2.41. The summed E-state index contributed by atoms with van der Waals surface area (Å²) in [7, 11) is 0. The molecule has 1 aromatic rings. The molecule has 0 bridgehead atoms. The lowest BCUT2D eigenvalue weighted by Crippen LogP contribution is -2.60. The Kier molecular flexibility index (Phi) is 3.41. The molecule has 0 aliphatic carbocycles. The maximum atomic E-state index is 12.0. The average molecular weight is 264 g/mol. The lowest BCUT2D eigenvalue weighted by Gasteiger charge is -2.41. The minimum Gasteiger partial charge on any atom is -0.377 e. The number of nitrogens with one attached hydrogen (secondary N) is 1. The predicted molar refractivity (Wildman–Crippen MR) is 66.8 cm³/mol. The van der Waals surface area contributed by atoms with Gasteiger partial charge in [-0.25, -0.2) is 9.97 Å². The van der Waals surface area contributed by atoms with Crippen molar-refractivity contribution in [1.29, 1.82) is 0 Å². The fourth-order valence-corrected chi connectivity index (χ4v) is 2.34. The Labute approximate surface area is 110 Å². The van der Waals surface area contributed by atoms with Crippen molar-refractivity contribution in [2.45, 2.75) is 5.60 Å². The van der Waals surface area contributed by atoms with E-state index in [1.54, 1.807) is 17.3 Å². The summed E-state index contributed by atoms with van der Waals surface area (Å²) in [6, 6.07) is 0. The number of hydrogen-bond acceptors (Lipinski definition) is 6. The van der Waals surface area contributed by atoms with Crippen LogP contribution in [0.2, 0.25) is 0 Å². The van der Waals surface area contributed by atoms with E-state index in [-0.39, 0.29) is 12.5 Å². The van der Waals surface area contributed by atoms with Crippen LogP contribution in [-0.2, 0) is 14.3 Å². The first-order valence-electron chi connectivity index (χ1n) is 6.27. The normalized spacial score (nSPS) is 28.4. The number of carbonyl (C=O) groups is 1. The summed E-state index contributed by atoms with van der Waals surface area (Å²) in [6.45, 7) is 3.12. The minimum atomic E-state index is -0.486. The fourth-order valence-electron chi connectivity index (χ4n) is 2.34. The smallest absolute Gasteiger partial charge is 0.253 e. The second-order valence-corrected chi connectivity index (χ2v) is 4.78. The molecule has 1 amide bonds. The van der Waals surface area contributed by atoms with E-state index in [4.69, 9.17) is 9.47 Å². The van der Waals surface area contributed by atoms with Crippen molar-refractivity contribution in [2.24, 2.45) is 0 Å². The van der Waals surface area contributed by atoms with Crippen molar-refractivity contribution in [3.63, 3.8) is 0 Å². The van der Waals surface area contributed by atoms with Crippen molar-refractivity contribution in [2.75, 3.05) is 44.4 Å². The van der Waals surface area contributed by atoms with E-state index in [1.807, 2.05) is 0 Å². The summed E-state index contributed by atoms with van der Waals surface area (Å²) >= 11 is 0. The van der Waals surface area contributed by atoms with Gasteiger partial charge in [-0.2, -0.15) is 0 Å². The zero-order valence-electron chi connectivity index (χ0n) is 10.5. The molecule has 19 heavy (non-hydrogen) atoms. The lowest BCUT2D eigenvalue weighted by molar-refractivity contribution is -0.144. The highest BCUT2D eigenvalue weighted by Crippen LogP contribution is 2.24. The van der Waals surface area contributed by atoms with Gasteiger partial charge < -0.3 is 19.7 Å². The zero-order valence-corrected chi connectivity index (χ0v) is 10.5. The third kappa shape index (κ3) is 2.58. The van der Waals surface area contributed by atoms with E-state index in [0.717, 1.165) is 6.54 Å². The lowest BCUT2D eigenvalue weighted by atomic mass is 10.0. The Morgan fingerprint density at radius 1 is 1.37 bits per heavy atom. The molecule has 2 aliphatic heterocycles. The van der Waals surface area contributed by atoms with Gasteiger partial charge in [0.2, 0.25) is 0 Å². The topological polar surface area (TPSA) is 76.6 Å². The van der Waals surface area contributed by atoms with Crippen LogP contribution in [0.1, 0.15) is 0 Å². The van der Waals surface area contributed by atoms with Gasteiger partial charge >= 0.3 is 0 Å². The largest absolute Gasteiger partial charge is 0.377 e. The Morgan fingerprint density at radius 2 is 2.21 bits per heavy atom. The Balaban J connectivity index is 1.82. The molecule has 7 heteroatoms. The van der Waals surface area contributed by atoms with Crippen molar-refractivity contribution < 1.29 is 14.3 Å². The van der Waals surface area contributed by atoms with E-state index in [2.05, 4.69) is 15.3 Å². The van der Waals surface area contributed by atoms with Crippen LogP contribution >= 0.6 is 0 Å². The number of nitrogens with zero attached hydrogens (tertiary/aromatic N) is 3. The van der Waals surface area contributed by atoms with Gasteiger partial charge in [-0.05, 0) is 0 Å². The number of carbonyl (C=O) groups excluding carboxylic acids is 1. The van der Waals surface area contributed by atoms with E-state index in [0.29, 0.717) is 32.0 Å². The summed E-state index contributed by atoms with van der Waals surface area (Å²) < 4.78 is 11.3. The highest BCUT2D eigenvalue weighted by molar-refractivity contribution is 5.94. The second-order valence-electron chi connectivity index (χ2n) is 4.78. The van der Waals surface area contributed by atoms with Crippen LogP contribution in [0.4, 0.5) is 5.69 Å². The average Bonchev–Trinajstić information content (AvgIpc) is 2.69. The number of hydrogen-bond donors (Lipinski definition) is 1. The summed E-state index contributed by atoms with van der Waals surface area (Å²) in [6.07, 6.45) is 4.71. The third-order valence-corrected chi connectivity index (χ3v) is 3.34. The molecule has 1 atom stereocenters. The molecule has 0 radical (unpaired) electrons. The summed E-state index contributed by atoms with van der Waals surface area (Å²) in [5.74, 6) is -0.0790. The number of morpholine rings is 1. The van der Waals surface area contributed by atoms with E-state index in [9.17, 15) is 4.79 Å². The second kappa shape index (κ2) is 5.20. The summed E-state index contributed by atoms with van der Waals surface area (Å²) in [5, 5.41) is 3.28. The van der Waals surface area contributed by atoms with Gasteiger partial charge in [-0.15, -0.1) is 0 Å². The Bertz CT molecular complexity index is 446. The molecule has 0 aromatic carbocycles. The molecule has 102 valence electrons. The highest BCUT2D eigenvalue weighted by atomic mass is 16.5. The first kappa shape index (κ1) is 12.5. The van der Waals surface area contributed by atoms with Crippen LogP contribution in [-0.4, -0.2) is 60.9 Å². The molecule has 2 aliphatic rings. The first-order valence-corrected chi connectivity index (χ1v) is 6.27. The number of ether oxygens (including phenoxy) is 2. The molecule has 2 fully saturated rings. The van der Waals surface area contributed by atoms with E-state index < -0.39 is 5.60 Å². The molecule has 2 saturated heterocycles. The van der Waals surface area contributed by atoms with Crippen molar-refractivity contribution >= 4 is 11.6 Å². The standard InChI is InChI=1S/C12H16N4O3/c17-11-5-19-12(6-13-1-2-18-8-12)7-16(11)10-3-14-9-15-4-10/h3-4,9,13H,1-2,5-8H2/t12-/m0/s1. The molecule has 0 unspecified atom stereocenters. The predicted octanol–water partition coefficient (Wildman–Crippen LogP) is -0.802. The quantitative estimate of drug-likeness (QED) is 0.715. The fraction of sp³-hybridized carbons (Fsp3) is 0.583. The van der Waals surface area contributed by atoms with Gasteiger partial charge in [-0.3, -0.25) is 4.79 Å². The molecule has 1 spiro atoms. The minimum absolute atomic E-state index is 0.0555. The molecular weight excluding hydrogens is 248 g/mol. The van der Waals surface area contributed by atoms with Gasteiger partial charge in [0.1, 0.15) is 18.5 Å². The number of anilines is 1. The number of rotatable bonds is 1. The molecule has 1 aromatic heterocycles. The molecule has 1 N–H and O–H groups in total. The van der Waals surface area contributed by atoms with Gasteiger partial charge in [0.15, 0.2) is 0 Å². The van der Waals surface area contributed by atoms with Crippen molar-refractivity contribution in [3.8, 4) is 0 Å². The van der Waals surface area contributed by atoms with Crippen LogP contribution in [0.25, 0.3) is 0 Å². The van der Waals surface area contributed by atoms with Crippen LogP contribution in [0.15, 0.2) is 18.7 Å². The zero-order chi connectivity index (χ0) is 13.1. The number of amides is 1.